The number of unbranched alkanes of at least 4 members (excludes halogenated alkanes) is 19. The normalized spacial score (nSPS) is 10.9. The average Bonchev–Trinajstić information content (AvgIpc) is 3.07. The molecule has 0 atom stereocenters. The fourth-order valence-electron chi connectivity index (χ4n) is 4.81. The van der Waals surface area contributed by atoms with Gasteiger partial charge in [-0.2, -0.15) is 5.26 Å². The van der Waals surface area contributed by atoms with Crippen LogP contribution in [0.2, 0.25) is 0 Å². The summed E-state index contributed by atoms with van der Waals surface area (Å²) in [4.78, 5) is 22.9. The first-order chi connectivity index (χ1) is 23.1. The highest BCUT2D eigenvalue weighted by Crippen LogP contribution is 2.09. The molecule has 0 saturated carbocycles. The molecule has 0 aromatic heterocycles. The SMILES string of the molecule is CCCCCNC(=O)NCCCC/C=C\CCCCCCCBr.CCCCCNC(=O)NCCCC/C=C\CCCCCCCC#N. The van der Waals surface area contributed by atoms with E-state index in [2.05, 4.69) is 81.4 Å². The standard InChI is InChI=1S/C20H37N3O.C19H37BrN2O/c1-2-3-15-18-22-20(24)23-19-16-13-11-9-7-5-4-6-8-10-12-14-17-21;1-2-3-14-17-21-19(23)22-18-15-12-10-8-6-4-5-7-9-11-13-16-20/h7,9H,2-6,8,10-16,18-19H2,1H3,(H2,22,23,24);6,8H,2-5,7,9-18H2,1H3,(H2,21,22,23)/b9-7-;8-6-. The highest BCUT2D eigenvalue weighted by molar-refractivity contribution is 9.09. The third-order valence-electron chi connectivity index (χ3n) is 7.80. The van der Waals surface area contributed by atoms with Crippen molar-refractivity contribution >= 4 is 28.0 Å². The lowest BCUT2D eigenvalue weighted by Gasteiger charge is -2.06. The van der Waals surface area contributed by atoms with Crippen LogP contribution in [0.5, 0.6) is 0 Å². The molecule has 0 aromatic carbocycles. The molecule has 0 saturated heterocycles. The van der Waals surface area contributed by atoms with Gasteiger partial charge in [0.1, 0.15) is 0 Å². The summed E-state index contributed by atoms with van der Waals surface area (Å²) in [6.45, 7) is 7.43. The number of halogens is 1. The number of alkyl halides is 1. The van der Waals surface area contributed by atoms with Crippen LogP contribution in [-0.2, 0) is 0 Å². The number of rotatable bonds is 32. The van der Waals surface area contributed by atoms with Crippen LogP contribution in [0.15, 0.2) is 24.3 Å². The van der Waals surface area contributed by atoms with Crippen molar-refractivity contribution in [1.29, 1.82) is 5.26 Å². The van der Waals surface area contributed by atoms with Gasteiger partial charge in [0, 0.05) is 37.9 Å². The lowest BCUT2D eigenvalue weighted by atomic mass is 10.1. The molecule has 0 fully saturated rings. The van der Waals surface area contributed by atoms with Crippen molar-refractivity contribution in [3.05, 3.63) is 24.3 Å². The molecular formula is C39H74BrN5O2. The second-order valence-corrected chi connectivity index (χ2v) is 13.2. The largest absolute Gasteiger partial charge is 0.338 e. The molecule has 274 valence electrons. The summed E-state index contributed by atoms with van der Waals surface area (Å²) < 4.78 is 0. The predicted octanol–water partition coefficient (Wildman–Crippen LogP) is 11.4. The zero-order valence-corrected chi connectivity index (χ0v) is 32.3. The van der Waals surface area contributed by atoms with Crippen molar-refractivity contribution in [1.82, 2.24) is 21.3 Å². The lowest BCUT2D eigenvalue weighted by Crippen LogP contribution is -2.36. The predicted molar refractivity (Wildman–Crippen MR) is 207 cm³/mol. The Kier molecular flexibility index (Phi) is 44.1. The van der Waals surface area contributed by atoms with Gasteiger partial charge < -0.3 is 21.3 Å². The molecule has 0 rings (SSSR count). The van der Waals surface area contributed by atoms with Crippen LogP contribution >= 0.6 is 15.9 Å². The first-order valence-electron chi connectivity index (χ1n) is 19.4. The molecule has 0 aromatic rings. The molecule has 4 N–H and O–H groups in total. The third-order valence-corrected chi connectivity index (χ3v) is 8.36. The smallest absolute Gasteiger partial charge is 0.314 e. The maximum atomic E-state index is 11.5. The summed E-state index contributed by atoms with van der Waals surface area (Å²) in [6, 6.07) is 2.14. The highest BCUT2D eigenvalue weighted by atomic mass is 79.9. The minimum Gasteiger partial charge on any atom is -0.338 e. The Bertz CT molecular complexity index is 754. The number of urea groups is 2. The molecule has 0 radical (unpaired) electrons. The summed E-state index contributed by atoms with van der Waals surface area (Å²) in [6.07, 6.45) is 38.4. The topological polar surface area (TPSA) is 106 Å². The maximum Gasteiger partial charge on any atom is 0.314 e. The van der Waals surface area contributed by atoms with E-state index in [9.17, 15) is 9.59 Å². The van der Waals surface area contributed by atoms with E-state index in [4.69, 9.17) is 5.26 Å². The van der Waals surface area contributed by atoms with E-state index in [1.807, 2.05) is 0 Å². The second kappa shape index (κ2) is 44.0. The Morgan fingerprint density at radius 1 is 0.489 bits per heavy atom. The number of nitrogens with one attached hydrogen (secondary N) is 4. The van der Waals surface area contributed by atoms with Crippen LogP contribution in [0, 0.1) is 11.3 Å². The molecule has 0 aliphatic carbocycles. The number of hydrogen-bond donors (Lipinski definition) is 4. The van der Waals surface area contributed by atoms with Gasteiger partial charge in [0.15, 0.2) is 0 Å². The number of carbonyl (C=O) groups excluding carboxylic acids is 2. The number of carbonyl (C=O) groups is 2. The third kappa shape index (κ3) is 46.2. The number of nitriles is 1. The minimum absolute atomic E-state index is 0.0171. The summed E-state index contributed by atoms with van der Waals surface area (Å²) in [5, 5.41) is 21.2. The van der Waals surface area contributed by atoms with Gasteiger partial charge in [-0.05, 0) is 89.9 Å². The van der Waals surface area contributed by atoms with Gasteiger partial charge in [-0.1, -0.05) is 118 Å². The molecule has 8 heteroatoms. The van der Waals surface area contributed by atoms with Crippen molar-refractivity contribution in [2.24, 2.45) is 0 Å². The van der Waals surface area contributed by atoms with Gasteiger partial charge in [0.05, 0.1) is 6.07 Å². The van der Waals surface area contributed by atoms with Crippen LogP contribution in [0.3, 0.4) is 0 Å². The zero-order valence-electron chi connectivity index (χ0n) is 30.7. The Morgan fingerprint density at radius 2 is 0.809 bits per heavy atom. The van der Waals surface area contributed by atoms with E-state index in [-0.39, 0.29) is 12.1 Å². The number of nitrogens with zero attached hydrogens (tertiary/aromatic N) is 1. The van der Waals surface area contributed by atoms with E-state index >= 15 is 0 Å². The monoisotopic (exact) mass is 724 g/mol. The van der Waals surface area contributed by atoms with Crippen molar-refractivity contribution in [2.45, 2.75) is 174 Å². The van der Waals surface area contributed by atoms with Gasteiger partial charge in [-0.15, -0.1) is 0 Å². The van der Waals surface area contributed by atoms with E-state index in [0.29, 0.717) is 6.42 Å². The van der Waals surface area contributed by atoms with Crippen LogP contribution in [0.25, 0.3) is 0 Å². The Labute approximate surface area is 299 Å². The maximum absolute atomic E-state index is 11.5. The summed E-state index contributed by atoms with van der Waals surface area (Å²) in [7, 11) is 0. The molecule has 4 amide bonds. The molecule has 0 aliphatic heterocycles. The molecule has 0 heterocycles. The van der Waals surface area contributed by atoms with Crippen LogP contribution in [-0.4, -0.2) is 43.6 Å². The molecule has 0 bridgehead atoms. The number of allylic oxidation sites excluding steroid dienone is 4. The molecule has 0 aliphatic rings. The molecule has 7 nitrogen and oxygen atoms in total. The molecular weight excluding hydrogens is 650 g/mol. The highest BCUT2D eigenvalue weighted by Gasteiger charge is 1.99. The van der Waals surface area contributed by atoms with Crippen molar-refractivity contribution in [2.75, 3.05) is 31.5 Å². The van der Waals surface area contributed by atoms with E-state index in [1.165, 1.54) is 89.9 Å². The second-order valence-electron chi connectivity index (χ2n) is 12.4. The van der Waals surface area contributed by atoms with Gasteiger partial charge in [-0.25, -0.2) is 9.59 Å². The van der Waals surface area contributed by atoms with Crippen molar-refractivity contribution < 1.29 is 9.59 Å². The minimum atomic E-state index is -0.0311. The summed E-state index contributed by atoms with van der Waals surface area (Å²) in [5.74, 6) is 0. The Balaban J connectivity index is 0. The van der Waals surface area contributed by atoms with Crippen molar-refractivity contribution in [3.63, 3.8) is 0 Å². The van der Waals surface area contributed by atoms with Gasteiger partial charge in [0.25, 0.3) is 0 Å². The fourth-order valence-corrected chi connectivity index (χ4v) is 5.21. The van der Waals surface area contributed by atoms with Gasteiger partial charge in [0.2, 0.25) is 0 Å². The van der Waals surface area contributed by atoms with E-state index < -0.39 is 0 Å². The summed E-state index contributed by atoms with van der Waals surface area (Å²) >= 11 is 3.47. The van der Waals surface area contributed by atoms with Crippen LogP contribution in [0.4, 0.5) is 9.59 Å². The fraction of sp³-hybridized carbons (Fsp3) is 0.821. The lowest BCUT2D eigenvalue weighted by molar-refractivity contribution is 0.239. The molecule has 0 unspecified atom stereocenters. The van der Waals surface area contributed by atoms with Crippen molar-refractivity contribution in [3.8, 4) is 6.07 Å². The summed E-state index contributed by atoms with van der Waals surface area (Å²) in [5.41, 5.74) is 0. The van der Waals surface area contributed by atoms with Gasteiger partial charge in [-0.3, -0.25) is 0 Å². The Morgan fingerprint density at radius 3 is 1.17 bits per heavy atom. The quantitative estimate of drug-likeness (QED) is 0.0315. The Hall–Kier alpha value is -2.01. The van der Waals surface area contributed by atoms with Crippen LogP contribution in [0.1, 0.15) is 174 Å². The number of hydrogen-bond acceptors (Lipinski definition) is 3. The van der Waals surface area contributed by atoms with E-state index in [1.54, 1.807) is 0 Å². The first kappa shape index (κ1) is 47.1. The zero-order chi connectivity index (χ0) is 34.7. The average molecular weight is 725 g/mol. The molecule has 47 heavy (non-hydrogen) atoms. The first-order valence-corrected chi connectivity index (χ1v) is 20.5. The number of amides is 4. The molecule has 0 spiro atoms. The van der Waals surface area contributed by atoms with E-state index in [0.717, 1.165) is 95.7 Å². The van der Waals surface area contributed by atoms with Crippen LogP contribution < -0.4 is 21.3 Å². The van der Waals surface area contributed by atoms with Gasteiger partial charge >= 0.3 is 12.1 Å².